The number of hydrogen-bond donors (Lipinski definition) is 2. The minimum Gasteiger partial charge on any atom is -0.387 e. The van der Waals surface area contributed by atoms with Crippen LogP contribution in [0.4, 0.5) is 0 Å². The number of hydrogen-bond acceptors (Lipinski definition) is 1. The lowest BCUT2D eigenvalue weighted by Crippen LogP contribution is -3.12. The van der Waals surface area contributed by atoms with E-state index in [1.54, 1.807) is 0 Å². The first-order chi connectivity index (χ1) is 7.65. The van der Waals surface area contributed by atoms with Crippen molar-refractivity contribution in [2.45, 2.75) is 39.3 Å². The van der Waals surface area contributed by atoms with E-state index in [1.807, 2.05) is 0 Å². The predicted molar refractivity (Wildman–Crippen MR) is 65.6 cm³/mol. The summed E-state index contributed by atoms with van der Waals surface area (Å²) in [6.45, 7) is 7.48. The fourth-order valence-electron chi connectivity index (χ4n) is 2.60. The largest absolute Gasteiger partial charge is 0.387 e. The Balaban J connectivity index is 2.02. The molecule has 0 radical (unpaired) electrons. The van der Waals surface area contributed by atoms with E-state index in [0.717, 1.165) is 25.9 Å². The number of rotatable bonds is 2. The van der Waals surface area contributed by atoms with Crippen LogP contribution in [0.2, 0.25) is 0 Å². The zero-order valence-electron chi connectivity index (χ0n) is 10.3. The molecule has 1 unspecified atom stereocenters. The monoisotopic (exact) mass is 220 g/mol. The van der Waals surface area contributed by atoms with Crippen LogP contribution in [0.3, 0.4) is 0 Å². The number of quaternary nitrogens is 1. The van der Waals surface area contributed by atoms with Gasteiger partial charge in [-0.15, -0.1) is 0 Å². The van der Waals surface area contributed by atoms with Gasteiger partial charge in [-0.1, -0.05) is 23.8 Å². The number of benzene rings is 1. The quantitative estimate of drug-likeness (QED) is 0.758. The Kier molecular flexibility index (Phi) is 3.62. The molecule has 1 heterocycles. The SMILES string of the molecule is Cc1ccc(C[NH+]2CCC[C@@H](O)C2)c(C)c1. The molecule has 2 heteroatoms. The van der Waals surface area contributed by atoms with E-state index >= 15 is 0 Å². The third-order valence-electron chi connectivity index (χ3n) is 3.53. The van der Waals surface area contributed by atoms with Crippen LogP contribution < -0.4 is 4.90 Å². The van der Waals surface area contributed by atoms with E-state index < -0.39 is 0 Å². The summed E-state index contributed by atoms with van der Waals surface area (Å²) in [5.74, 6) is 0. The summed E-state index contributed by atoms with van der Waals surface area (Å²) in [5.41, 5.74) is 4.14. The summed E-state index contributed by atoms with van der Waals surface area (Å²) in [5, 5.41) is 9.65. The normalized spacial score (nSPS) is 25.7. The van der Waals surface area contributed by atoms with Gasteiger partial charge in [0.2, 0.25) is 0 Å². The van der Waals surface area contributed by atoms with Crippen LogP contribution in [0.15, 0.2) is 18.2 Å². The van der Waals surface area contributed by atoms with Crippen molar-refractivity contribution in [3.05, 3.63) is 34.9 Å². The van der Waals surface area contributed by atoms with Crippen LogP contribution in [0.1, 0.15) is 29.5 Å². The zero-order valence-corrected chi connectivity index (χ0v) is 10.3. The molecule has 16 heavy (non-hydrogen) atoms. The van der Waals surface area contributed by atoms with Crippen LogP contribution >= 0.6 is 0 Å². The molecule has 1 saturated heterocycles. The Morgan fingerprint density at radius 3 is 2.88 bits per heavy atom. The highest BCUT2D eigenvalue weighted by molar-refractivity contribution is 5.29. The van der Waals surface area contributed by atoms with E-state index in [-0.39, 0.29) is 6.10 Å². The molecule has 0 spiro atoms. The Morgan fingerprint density at radius 1 is 1.38 bits per heavy atom. The van der Waals surface area contributed by atoms with Gasteiger partial charge >= 0.3 is 0 Å². The fraction of sp³-hybridized carbons (Fsp3) is 0.571. The van der Waals surface area contributed by atoms with E-state index in [1.165, 1.54) is 28.1 Å². The Morgan fingerprint density at radius 2 is 2.19 bits per heavy atom. The molecule has 0 aliphatic carbocycles. The van der Waals surface area contributed by atoms with Gasteiger partial charge in [-0.05, 0) is 32.3 Å². The van der Waals surface area contributed by atoms with Crippen molar-refractivity contribution in [3.8, 4) is 0 Å². The van der Waals surface area contributed by atoms with E-state index in [9.17, 15) is 5.11 Å². The van der Waals surface area contributed by atoms with Gasteiger partial charge in [0.05, 0.1) is 6.54 Å². The van der Waals surface area contributed by atoms with Crippen molar-refractivity contribution in [2.75, 3.05) is 13.1 Å². The van der Waals surface area contributed by atoms with Crippen LogP contribution in [0.5, 0.6) is 0 Å². The van der Waals surface area contributed by atoms with E-state index in [4.69, 9.17) is 0 Å². The molecule has 1 aliphatic rings. The second-order valence-corrected chi connectivity index (χ2v) is 5.11. The number of aliphatic hydroxyl groups excluding tert-OH is 1. The van der Waals surface area contributed by atoms with Gasteiger partial charge in [0.15, 0.2) is 0 Å². The van der Waals surface area contributed by atoms with Crippen molar-refractivity contribution in [3.63, 3.8) is 0 Å². The molecule has 1 fully saturated rings. The lowest BCUT2D eigenvalue weighted by Gasteiger charge is -2.27. The second kappa shape index (κ2) is 4.98. The van der Waals surface area contributed by atoms with Crippen molar-refractivity contribution in [1.82, 2.24) is 0 Å². The van der Waals surface area contributed by atoms with Crippen molar-refractivity contribution < 1.29 is 10.0 Å². The lowest BCUT2D eigenvalue weighted by atomic mass is 10.0. The minimum atomic E-state index is -0.0884. The molecule has 0 amide bonds. The number of piperidine rings is 1. The first-order valence-corrected chi connectivity index (χ1v) is 6.23. The van der Waals surface area contributed by atoms with Gasteiger partial charge < -0.3 is 10.0 Å². The lowest BCUT2D eigenvalue weighted by molar-refractivity contribution is -0.921. The molecule has 2 nitrogen and oxygen atoms in total. The molecule has 1 aliphatic heterocycles. The highest BCUT2D eigenvalue weighted by atomic mass is 16.3. The Labute approximate surface area is 97.9 Å². The maximum Gasteiger partial charge on any atom is 0.104 e. The average molecular weight is 220 g/mol. The maximum absolute atomic E-state index is 9.65. The summed E-state index contributed by atoms with van der Waals surface area (Å²) in [6, 6.07) is 6.66. The van der Waals surface area contributed by atoms with Crippen LogP contribution in [-0.4, -0.2) is 24.3 Å². The summed E-state index contributed by atoms with van der Waals surface area (Å²) in [7, 11) is 0. The molecule has 1 aromatic rings. The summed E-state index contributed by atoms with van der Waals surface area (Å²) in [4.78, 5) is 1.52. The molecule has 1 aromatic carbocycles. The zero-order chi connectivity index (χ0) is 11.5. The van der Waals surface area contributed by atoms with Gasteiger partial charge in [-0.25, -0.2) is 0 Å². The van der Waals surface area contributed by atoms with Gasteiger partial charge in [0.1, 0.15) is 19.2 Å². The molecule has 2 atom stereocenters. The standard InChI is InChI=1S/C14H21NO/c1-11-5-6-13(12(2)8-11)9-15-7-3-4-14(16)10-15/h5-6,8,14,16H,3-4,7,9-10H2,1-2H3/p+1/t14-/m1/s1. The molecule has 2 rings (SSSR count). The van der Waals surface area contributed by atoms with Crippen molar-refractivity contribution in [1.29, 1.82) is 0 Å². The first kappa shape index (κ1) is 11.6. The molecule has 0 aromatic heterocycles. The molecule has 2 N–H and O–H groups in total. The molecule has 88 valence electrons. The van der Waals surface area contributed by atoms with Gasteiger partial charge in [0, 0.05) is 5.56 Å². The summed E-state index contributed by atoms with van der Waals surface area (Å²) < 4.78 is 0. The van der Waals surface area contributed by atoms with E-state index in [0.29, 0.717) is 0 Å². The average Bonchev–Trinajstić information content (AvgIpc) is 2.22. The minimum absolute atomic E-state index is 0.0884. The topological polar surface area (TPSA) is 24.7 Å². The van der Waals surface area contributed by atoms with Gasteiger partial charge in [-0.2, -0.15) is 0 Å². The van der Waals surface area contributed by atoms with Crippen molar-refractivity contribution >= 4 is 0 Å². The molecule has 0 bridgehead atoms. The van der Waals surface area contributed by atoms with E-state index in [2.05, 4.69) is 32.0 Å². The van der Waals surface area contributed by atoms with Crippen LogP contribution in [-0.2, 0) is 6.54 Å². The second-order valence-electron chi connectivity index (χ2n) is 5.11. The summed E-state index contributed by atoms with van der Waals surface area (Å²) >= 11 is 0. The van der Waals surface area contributed by atoms with Gasteiger partial charge in [-0.3, -0.25) is 0 Å². The summed E-state index contributed by atoms with van der Waals surface area (Å²) in [6.07, 6.45) is 2.05. The molecular weight excluding hydrogens is 198 g/mol. The smallest absolute Gasteiger partial charge is 0.104 e. The molecular formula is C14H22NO+. The number of nitrogens with one attached hydrogen (secondary N) is 1. The number of aliphatic hydroxyl groups is 1. The Bertz CT molecular complexity index is 362. The van der Waals surface area contributed by atoms with Crippen molar-refractivity contribution in [2.24, 2.45) is 0 Å². The number of likely N-dealkylation sites (tertiary alicyclic amines) is 1. The Hall–Kier alpha value is -0.860. The highest BCUT2D eigenvalue weighted by Gasteiger charge is 2.21. The fourth-order valence-corrected chi connectivity index (χ4v) is 2.60. The molecule has 0 saturated carbocycles. The third kappa shape index (κ3) is 2.83. The number of aryl methyl sites for hydroxylation is 2. The predicted octanol–water partition coefficient (Wildman–Crippen LogP) is 0.843. The highest BCUT2D eigenvalue weighted by Crippen LogP contribution is 2.09. The first-order valence-electron chi connectivity index (χ1n) is 6.23. The van der Waals surface area contributed by atoms with Gasteiger partial charge in [0.25, 0.3) is 0 Å². The van der Waals surface area contributed by atoms with Crippen LogP contribution in [0.25, 0.3) is 0 Å². The van der Waals surface area contributed by atoms with Crippen LogP contribution in [0, 0.1) is 13.8 Å². The maximum atomic E-state index is 9.65. The third-order valence-corrected chi connectivity index (χ3v) is 3.53.